The average Bonchev–Trinajstić information content (AvgIpc) is 2.88. The van der Waals surface area contributed by atoms with Crippen molar-refractivity contribution < 1.29 is 31.9 Å². The van der Waals surface area contributed by atoms with Crippen LogP contribution in [0.1, 0.15) is 50.6 Å². The van der Waals surface area contributed by atoms with Gasteiger partial charge in [0.05, 0.1) is 17.1 Å². The van der Waals surface area contributed by atoms with Crippen LogP contribution >= 0.6 is 0 Å². The van der Waals surface area contributed by atoms with E-state index in [0.717, 1.165) is 11.8 Å². The van der Waals surface area contributed by atoms with Crippen molar-refractivity contribution in [3.63, 3.8) is 0 Å². The highest BCUT2D eigenvalue weighted by molar-refractivity contribution is 7.90. The Morgan fingerprint density at radius 3 is 2.16 bits per heavy atom. The summed E-state index contributed by atoms with van der Waals surface area (Å²) in [6.45, 7) is 4.30. The quantitative estimate of drug-likeness (QED) is 0.387. The predicted octanol–water partition coefficient (Wildman–Crippen LogP) is 3.12. The lowest BCUT2D eigenvalue weighted by atomic mass is 10.1. The molecule has 0 aliphatic carbocycles. The van der Waals surface area contributed by atoms with E-state index in [4.69, 9.17) is 4.74 Å². The Bertz CT molecular complexity index is 1360. The van der Waals surface area contributed by atoms with Crippen LogP contribution in [0.25, 0.3) is 0 Å². The normalized spacial score (nSPS) is 11.1. The van der Waals surface area contributed by atoms with Gasteiger partial charge in [-0.25, -0.2) is 27.3 Å². The molecule has 0 radical (unpaired) electrons. The first-order chi connectivity index (χ1) is 17.5. The third kappa shape index (κ3) is 7.94. The van der Waals surface area contributed by atoms with Crippen molar-refractivity contribution in [2.24, 2.45) is 5.92 Å². The number of amides is 2. The SMILES string of the molecule is CC(C)COC(=O)c1ccc(C(=O)NS(=O)(=O)c2ccc(C(=O)NCCc3ccc(F)cc3)cc2)cn1. The van der Waals surface area contributed by atoms with Gasteiger partial charge in [-0.05, 0) is 66.4 Å². The van der Waals surface area contributed by atoms with Gasteiger partial charge in [0.1, 0.15) is 11.5 Å². The van der Waals surface area contributed by atoms with Gasteiger partial charge in [-0.15, -0.1) is 0 Å². The van der Waals surface area contributed by atoms with Gasteiger partial charge in [-0.2, -0.15) is 0 Å². The molecule has 1 aromatic heterocycles. The number of hydrogen-bond donors (Lipinski definition) is 2. The van der Waals surface area contributed by atoms with Crippen molar-refractivity contribution in [2.45, 2.75) is 25.2 Å². The Labute approximate surface area is 214 Å². The lowest BCUT2D eigenvalue weighted by Crippen LogP contribution is -2.31. The minimum absolute atomic E-state index is 0.00779. The summed E-state index contributed by atoms with van der Waals surface area (Å²) in [5.74, 6) is -2.18. The van der Waals surface area contributed by atoms with Crippen LogP contribution in [-0.4, -0.2) is 44.3 Å². The number of nitrogens with one attached hydrogen (secondary N) is 2. The molecule has 11 heteroatoms. The van der Waals surface area contributed by atoms with Crippen LogP contribution in [0, 0.1) is 11.7 Å². The molecule has 3 rings (SSSR count). The van der Waals surface area contributed by atoms with Crippen LogP contribution in [0.3, 0.4) is 0 Å². The zero-order chi connectivity index (χ0) is 27.0. The molecule has 0 bridgehead atoms. The molecule has 0 atom stereocenters. The number of carbonyl (C=O) groups is 3. The van der Waals surface area contributed by atoms with E-state index in [-0.39, 0.29) is 40.1 Å². The number of ether oxygens (including phenoxy) is 1. The fourth-order valence-corrected chi connectivity index (χ4v) is 4.04. The van der Waals surface area contributed by atoms with Crippen molar-refractivity contribution >= 4 is 27.8 Å². The predicted molar refractivity (Wildman–Crippen MR) is 133 cm³/mol. The van der Waals surface area contributed by atoms with Crippen molar-refractivity contribution in [1.82, 2.24) is 15.0 Å². The first kappa shape index (κ1) is 27.5. The van der Waals surface area contributed by atoms with Crippen LogP contribution in [0.15, 0.2) is 71.8 Å². The van der Waals surface area contributed by atoms with Gasteiger partial charge >= 0.3 is 5.97 Å². The number of aromatic nitrogens is 1. The van der Waals surface area contributed by atoms with Crippen LogP contribution < -0.4 is 10.0 Å². The number of halogens is 1. The van der Waals surface area contributed by atoms with Gasteiger partial charge < -0.3 is 10.1 Å². The monoisotopic (exact) mass is 527 g/mol. The molecule has 2 N–H and O–H groups in total. The average molecular weight is 528 g/mol. The second kappa shape index (κ2) is 12.2. The summed E-state index contributed by atoms with van der Waals surface area (Å²) < 4.78 is 45.2. The van der Waals surface area contributed by atoms with Gasteiger partial charge in [-0.3, -0.25) is 9.59 Å². The fraction of sp³-hybridized carbons (Fsp3) is 0.231. The van der Waals surface area contributed by atoms with Gasteiger partial charge in [0.2, 0.25) is 0 Å². The van der Waals surface area contributed by atoms with E-state index in [1.165, 1.54) is 48.5 Å². The van der Waals surface area contributed by atoms with Gasteiger partial charge in [-0.1, -0.05) is 26.0 Å². The summed E-state index contributed by atoms with van der Waals surface area (Å²) in [4.78, 5) is 40.3. The van der Waals surface area contributed by atoms with E-state index in [1.807, 2.05) is 18.6 Å². The Morgan fingerprint density at radius 1 is 0.919 bits per heavy atom. The third-order valence-corrected chi connectivity index (χ3v) is 6.40. The molecule has 0 unspecified atom stereocenters. The zero-order valence-electron chi connectivity index (χ0n) is 20.2. The minimum Gasteiger partial charge on any atom is -0.461 e. The standard InChI is InChI=1S/C26H26FN3O6S/c1-17(2)16-36-26(33)23-12-7-20(15-29-23)25(32)30-37(34,35)22-10-5-19(6-11-22)24(31)28-14-13-18-3-8-21(27)9-4-18/h3-12,15,17H,13-14,16H2,1-2H3,(H,28,31)(H,30,32). The molecular formula is C26H26FN3O6S. The van der Waals surface area contributed by atoms with Crippen LogP contribution in [0.4, 0.5) is 4.39 Å². The van der Waals surface area contributed by atoms with Gasteiger partial charge in [0.15, 0.2) is 0 Å². The van der Waals surface area contributed by atoms with Crippen molar-refractivity contribution in [2.75, 3.05) is 13.2 Å². The fourth-order valence-electron chi connectivity index (χ4n) is 3.06. The molecule has 0 saturated heterocycles. The molecule has 194 valence electrons. The summed E-state index contributed by atoms with van der Waals surface area (Å²) in [6, 6.07) is 13.5. The Balaban J connectivity index is 1.56. The Morgan fingerprint density at radius 2 is 1.57 bits per heavy atom. The molecule has 37 heavy (non-hydrogen) atoms. The van der Waals surface area contributed by atoms with Crippen molar-refractivity contribution in [3.8, 4) is 0 Å². The van der Waals surface area contributed by atoms with Gasteiger partial charge in [0, 0.05) is 18.3 Å². The van der Waals surface area contributed by atoms with E-state index in [2.05, 4.69) is 10.3 Å². The summed E-state index contributed by atoms with van der Waals surface area (Å²) in [7, 11) is -4.23. The molecular weight excluding hydrogens is 501 g/mol. The van der Waals surface area contributed by atoms with E-state index in [1.54, 1.807) is 12.1 Å². The summed E-state index contributed by atoms with van der Waals surface area (Å²) in [5.41, 5.74) is 1.01. The van der Waals surface area contributed by atoms with Crippen molar-refractivity contribution in [3.05, 3.63) is 95.1 Å². The van der Waals surface area contributed by atoms with E-state index in [0.29, 0.717) is 13.0 Å². The Kier molecular flexibility index (Phi) is 9.07. The van der Waals surface area contributed by atoms with E-state index < -0.39 is 27.8 Å². The van der Waals surface area contributed by atoms with Crippen LogP contribution in [0.2, 0.25) is 0 Å². The number of esters is 1. The maximum atomic E-state index is 13.0. The molecule has 1 heterocycles. The maximum absolute atomic E-state index is 13.0. The number of carbonyl (C=O) groups excluding carboxylic acids is 3. The molecule has 2 amide bonds. The highest BCUT2D eigenvalue weighted by atomic mass is 32.2. The lowest BCUT2D eigenvalue weighted by molar-refractivity contribution is 0.0451. The number of hydrogen-bond acceptors (Lipinski definition) is 7. The first-order valence-electron chi connectivity index (χ1n) is 11.4. The van der Waals surface area contributed by atoms with Crippen LogP contribution in [-0.2, 0) is 21.2 Å². The summed E-state index contributed by atoms with van der Waals surface area (Å²) in [6.07, 6.45) is 1.58. The molecule has 0 spiro atoms. The number of benzene rings is 2. The van der Waals surface area contributed by atoms with E-state index >= 15 is 0 Å². The third-order valence-electron chi connectivity index (χ3n) is 5.05. The molecule has 0 aliphatic rings. The number of nitrogens with zero attached hydrogens (tertiary/aromatic N) is 1. The molecule has 9 nitrogen and oxygen atoms in total. The van der Waals surface area contributed by atoms with Crippen LogP contribution in [0.5, 0.6) is 0 Å². The Hall–Kier alpha value is -4.12. The molecule has 3 aromatic rings. The molecule has 0 saturated carbocycles. The maximum Gasteiger partial charge on any atom is 0.356 e. The number of rotatable bonds is 10. The zero-order valence-corrected chi connectivity index (χ0v) is 21.0. The number of sulfonamides is 1. The number of pyridine rings is 1. The molecule has 2 aromatic carbocycles. The molecule has 0 fully saturated rings. The second-order valence-electron chi connectivity index (χ2n) is 8.52. The summed E-state index contributed by atoms with van der Waals surface area (Å²) in [5, 5.41) is 2.71. The topological polar surface area (TPSA) is 132 Å². The molecule has 0 aliphatic heterocycles. The van der Waals surface area contributed by atoms with E-state index in [9.17, 15) is 27.2 Å². The second-order valence-corrected chi connectivity index (χ2v) is 10.2. The summed E-state index contributed by atoms with van der Waals surface area (Å²) >= 11 is 0. The largest absolute Gasteiger partial charge is 0.461 e. The van der Waals surface area contributed by atoms with Crippen molar-refractivity contribution in [1.29, 1.82) is 0 Å². The lowest BCUT2D eigenvalue weighted by Gasteiger charge is -2.09. The highest BCUT2D eigenvalue weighted by Gasteiger charge is 2.20. The first-order valence-corrected chi connectivity index (χ1v) is 12.9. The minimum atomic E-state index is -4.23. The smallest absolute Gasteiger partial charge is 0.356 e. The van der Waals surface area contributed by atoms with Gasteiger partial charge in [0.25, 0.3) is 21.8 Å². The highest BCUT2D eigenvalue weighted by Crippen LogP contribution is 2.12.